The number of alkyl halides is 3. The van der Waals surface area contributed by atoms with Gasteiger partial charge < -0.3 is 14.8 Å². The van der Waals surface area contributed by atoms with Crippen LogP contribution in [0.1, 0.15) is 36.6 Å². The average Bonchev–Trinajstić information content (AvgIpc) is 3.44. The van der Waals surface area contributed by atoms with Crippen LogP contribution in [0.15, 0.2) is 35.7 Å². The molecule has 0 spiro atoms. The molecule has 1 aliphatic rings. The van der Waals surface area contributed by atoms with E-state index >= 15 is 0 Å². The summed E-state index contributed by atoms with van der Waals surface area (Å²) in [6.45, 7) is 0. The van der Waals surface area contributed by atoms with Crippen LogP contribution in [0.4, 0.5) is 18.9 Å². The fraction of sp³-hybridized carbons (Fsp3) is 0.429. The number of methoxy groups -OCH3 is 2. The lowest BCUT2D eigenvalue weighted by Crippen LogP contribution is -2.50. The van der Waals surface area contributed by atoms with Crippen LogP contribution in [0.5, 0.6) is 11.5 Å². The first kappa shape index (κ1) is 22.9. The fourth-order valence-electron chi connectivity index (χ4n) is 3.62. The Bertz CT molecular complexity index is 890. The Morgan fingerprint density at radius 1 is 1.13 bits per heavy atom. The summed E-state index contributed by atoms with van der Waals surface area (Å²) in [6.07, 6.45) is -1.81. The average molecular weight is 456 g/mol. The van der Waals surface area contributed by atoms with E-state index in [4.69, 9.17) is 9.47 Å². The minimum Gasteiger partial charge on any atom is -0.497 e. The second-order valence-electron chi connectivity index (χ2n) is 7.15. The highest BCUT2D eigenvalue weighted by molar-refractivity contribution is 7.10. The maximum Gasteiger partial charge on any atom is 0.471 e. The molecule has 1 saturated carbocycles. The van der Waals surface area contributed by atoms with Crippen molar-refractivity contribution in [3.8, 4) is 11.5 Å². The molecule has 1 N–H and O–H groups in total. The molecule has 1 fully saturated rings. The zero-order valence-electron chi connectivity index (χ0n) is 17.1. The van der Waals surface area contributed by atoms with Crippen molar-refractivity contribution in [3.63, 3.8) is 0 Å². The van der Waals surface area contributed by atoms with E-state index in [0.29, 0.717) is 9.78 Å². The minimum atomic E-state index is -5.19. The molecule has 2 amide bonds. The smallest absolute Gasteiger partial charge is 0.471 e. The lowest BCUT2D eigenvalue weighted by Gasteiger charge is -2.32. The predicted molar refractivity (Wildman–Crippen MR) is 111 cm³/mol. The number of ether oxygens (including phenoxy) is 2. The van der Waals surface area contributed by atoms with Gasteiger partial charge in [0.05, 0.1) is 19.9 Å². The molecule has 0 aliphatic heterocycles. The highest BCUT2D eigenvalue weighted by Crippen LogP contribution is 2.38. The molecule has 1 atom stereocenters. The van der Waals surface area contributed by atoms with Crippen molar-refractivity contribution in [1.82, 2.24) is 5.32 Å². The second kappa shape index (κ2) is 9.59. The molecule has 1 aliphatic carbocycles. The number of carbonyl (C=O) groups is 2. The van der Waals surface area contributed by atoms with Gasteiger partial charge in [0.15, 0.2) is 6.04 Å². The monoisotopic (exact) mass is 456 g/mol. The minimum absolute atomic E-state index is 0.127. The summed E-state index contributed by atoms with van der Waals surface area (Å²) >= 11 is 1.10. The highest BCUT2D eigenvalue weighted by atomic mass is 32.1. The number of hydrogen-bond acceptors (Lipinski definition) is 5. The van der Waals surface area contributed by atoms with Crippen LogP contribution in [-0.2, 0) is 9.59 Å². The summed E-state index contributed by atoms with van der Waals surface area (Å²) < 4.78 is 51.2. The van der Waals surface area contributed by atoms with E-state index in [1.807, 2.05) is 0 Å². The zero-order valence-corrected chi connectivity index (χ0v) is 17.9. The number of rotatable bonds is 7. The van der Waals surface area contributed by atoms with Gasteiger partial charge in [0, 0.05) is 29.1 Å². The number of thiophene rings is 1. The first-order chi connectivity index (χ1) is 14.7. The molecule has 31 heavy (non-hydrogen) atoms. The quantitative estimate of drug-likeness (QED) is 0.668. The predicted octanol–water partition coefficient (Wildman–Crippen LogP) is 4.46. The summed E-state index contributed by atoms with van der Waals surface area (Å²) in [4.78, 5) is 26.6. The van der Waals surface area contributed by atoms with Crippen molar-refractivity contribution in [3.05, 3.63) is 40.6 Å². The van der Waals surface area contributed by atoms with Gasteiger partial charge in [0.1, 0.15) is 11.5 Å². The number of carbonyl (C=O) groups excluding carboxylic acids is 2. The highest BCUT2D eigenvalue weighted by Gasteiger charge is 2.48. The molecule has 1 aromatic carbocycles. The normalized spacial score (nSPS) is 15.4. The van der Waals surface area contributed by atoms with Crippen molar-refractivity contribution in [2.24, 2.45) is 0 Å². The molecule has 0 radical (unpaired) electrons. The molecular formula is C21H23F3N2O4S. The summed E-state index contributed by atoms with van der Waals surface area (Å²) in [7, 11) is 2.69. The second-order valence-corrected chi connectivity index (χ2v) is 8.13. The van der Waals surface area contributed by atoms with E-state index in [0.717, 1.165) is 37.0 Å². The van der Waals surface area contributed by atoms with Crippen LogP contribution in [0.25, 0.3) is 0 Å². The number of benzene rings is 1. The third kappa shape index (κ3) is 5.30. The first-order valence-electron chi connectivity index (χ1n) is 9.72. The van der Waals surface area contributed by atoms with Gasteiger partial charge in [-0.15, -0.1) is 11.3 Å². The van der Waals surface area contributed by atoms with E-state index in [9.17, 15) is 22.8 Å². The van der Waals surface area contributed by atoms with Gasteiger partial charge in [0.2, 0.25) is 5.91 Å². The number of halogens is 3. The Morgan fingerprint density at radius 3 is 2.23 bits per heavy atom. The number of hydrogen-bond donors (Lipinski definition) is 1. The molecule has 6 nitrogen and oxygen atoms in total. The molecule has 0 unspecified atom stereocenters. The number of nitrogens with zero attached hydrogens (tertiary/aromatic N) is 1. The Kier molecular flexibility index (Phi) is 7.09. The molecule has 10 heteroatoms. The molecule has 1 aromatic heterocycles. The summed E-state index contributed by atoms with van der Waals surface area (Å²) in [5, 5.41) is 4.47. The topological polar surface area (TPSA) is 67.9 Å². The SMILES string of the molecule is COc1cc(OC)cc(N(C(=O)C(F)(F)F)[C@H](C(=O)NC2CCCC2)c2cccs2)c1. The van der Waals surface area contributed by atoms with Gasteiger partial charge in [-0.1, -0.05) is 18.9 Å². The van der Waals surface area contributed by atoms with E-state index in [1.165, 1.54) is 38.5 Å². The van der Waals surface area contributed by atoms with Crippen LogP contribution in [-0.4, -0.2) is 38.3 Å². The summed E-state index contributed by atoms with van der Waals surface area (Å²) in [5.41, 5.74) is -0.154. The van der Waals surface area contributed by atoms with Crippen LogP contribution in [0, 0.1) is 0 Å². The molecule has 1 heterocycles. The van der Waals surface area contributed by atoms with Gasteiger partial charge in [-0.05, 0) is 24.3 Å². The van der Waals surface area contributed by atoms with Crippen molar-refractivity contribution in [2.75, 3.05) is 19.1 Å². The van der Waals surface area contributed by atoms with Gasteiger partial charge in [0.25, 0.3) is 0 Å². The maximum atomic E-state index is 13.6. The Morgan fingerprint density at radius 2 is 1.74 bits per heavy atom. The largest absolute Gasteiger partial charge is 0.497 e. The number of amides is 2. The Hall–Kier alpha value is -2.75. The van der Waals surface area contributed by atoms with Crippen LogP contribution < -0.4 is 19.7 Å². The molecular weight excluding hydrogens is 433 g/mol. The van der Waals surface area contributed by atoms with Gasteiger partial charge in [-0.3, -0.25) is 14.5 Å². The van der Waals surface area contributed by atoms with Crippen LogP contribution >= 0.6 is 11.3 Å². The van der Waals surface area contributed by atoms with Crippen LogP contribution in [0.3, 0.4) is 0 Å². The Balaban J connectivity index is 2.12. The first-order valence-corrected chi connectivity index (χ1v) is 10.6. The number of anilines is 1. The molecule has 3 rings (SSSR count). The summed E-state index contributed by atoms with van der Waals surface area (Å²) in [5.74, 6) is -2.43. The van der Waals surface area contributed by atoms with E-state index < -0.39 is 24.0 Å². The van der Waals surface area contributed by atoms with Crippen molar-refractivity contribution in [2.45, 2.75) is 43.9 Å². The standard InChI is InChI=1S/C21H23F3N2O4S/c1-29-15-10-14(11-16(12-15)30-2)26(20(28)21(22,23)24)18(17-8-5-9-31-17)19(27)25-13-6-3-4-7-13/h5,8-13,18H,3-4,6-7H2,1-2H3,(H,25,27)/t18-/m0/s1. The molecule has 2 aromatic rings. The van der Waals surface area contributed by atoms with E-state index in [2.05, 4.69) is 5.32 Å². The van der Waals surface area contributed by atoms with Crippen molar-refractivity contribution >= 4 is 28.8 Å². The van der Waals surface area contributed by atoms with Crippen LogP contribution in [0.2, 0.25) is 0 Å². The lowest BCUT2D eigenvalue weighted by molar-refractivity contribution is -0.171. The van der Waals surface area contributed by atoms with Gasteiger partial charge in [-0.2, -0.15) is 13.2 Å². The third-order valence-electron chi connectivity index (χ3n) is 5.10. The number of nitrogens with one attached hydrogen (secondary N) is 1. The zero-order chi connectivity index (χ0) is 22.6. The lowest BCUT2D eigenvalue weighted by atomic mass is 10.1. The van der Waals surface area contributed by atoms with Gasteiger partial charge in [-0.25, -0.2) is 0 Å². The van der Waals surface area contributed by atoms with Crippen molar-refractivity contribution in [1.29, 1.82) is 0 Å². The van der Waals surface area contributed by atoms with E-state index in [1.54, 1.807) is 11.4 Å². The molecule has 0 bridgehead atoms. The Labute approximate surface area is 181 Å². The summed E-state index contributed by atoms with van der Waals surface area (Å²) in [6, 6.07) is 5.56. The maximum absolute atomic E-state index is 13.6. The molecule has 0 saturated heterocycles. The fourth-order valence-corrected chi connectivity index (χ4v) is 4.44. The molecule has 168 valence electrons. The van der Waals surface area contributed by atoms with E-state index in [-0.39, 0.29) is 23.2 Å². The third-order valence-corrected chi connectivity index (χ3v) is 6.02. The van der Waals surface area contributed by atoms with Crippen molar-refractivity contribution < 1.29 is 32.2 Å². The van der Waals surface area contributed by atoms with Gasteiger partial charge >= 0.3 is 12.1 Å².